The first kappa shape index (κ1) is 28.3. The Morgan fingerprint density at radius 2 is 1.95 bits per heavy atom. The number of carbonyl (C=O) groups excluding carboxylic acids is 1. The SMILES string of the molecule is C=C(F)C(=O)N1CCN(c2nc(OC[C@@H]3CCCN3C)nc3c2CCN(c2cc(F)cc4c2CCC4)C3)C[C@@H]1CC#N. The van der Waals surface area contributed by atoms with E-state index in [9.17, 15) is 18.8 Å². The quantitative estimate of drug-likeness (QED) is 0.462. The number of nitriles is 1. The Morgan fingerprint density at radius 1 is 1.10 bits per heavy atom. The summed E-state index contributed by atoms with van der Waals surface area (Å²) >= 11 is 0. The molecule has 1 amide bonds. The summed E-state index contributed by atoms with van der Waals surface area (Å²) in [5.74, 6) is -1.28. The van der Waals surface area contributed by atoms with Crippen LogP contribution in [0.2, 0.25) is 0 Å². The van der Waals surface area contributed by atoms with E-state index in [0.29, 0.717) is 51.3 Å². The molecule has 0 bridgehead atoms. The summed E-state index contributed by atoms with van der Waals surface area (Å²) in [6.45, 7) is 6.88. The molecule has 9 nitrogen and oxygen atoms in total. The molecule has 42 heavy (non-hydrogen) atoms. The molecule has 0 radical (unpaired) electrons. The maximum Gasteiger partial charge on any atom is 0.318 e. The Morgan fingerprint density at radius 3 is 2.71 bits per heavy atom. The average Bonchev–Trinajstić information content (AvgIpc) is 3.63. The molecule has 1 aliphatic carbocycles. The third-order valence-corrected chi connectivity index (χ3v) is 9.20. The van der Waals surface area contributed by atoms with Crippen molar-refractivity contribution in [1.29, 1.82) is 5.26 Å². The summed E-state index contributed by atoms with van der Waals surface area (Å²) < 4.78 is 34.6. The van der Waals surface area contributed by atoms with Gasteiger partial charge in [-0.2, -0.15) is 15.2 Å². The van der Waals surface area contributed by atoms with Gasteiger partial charge in [-0.3, -0.25) is 4.79 Å². The monoisotopic (exact) mass is 577 g/mol. The minimum atomic E-state index is -1.03. The van der Waals surface area contributed by atoms with Gasteiger partial charge in [0.05, 0.1) is 30.8 Å². The van der Waals surface area contributed by atoms with Crippen molar-refractivity contribution in [2.45, 2.75) is 63.6 Å². The number of nitrogens with zero attached hydrogens (tertiary/aromatic N) is 7. The minimum Gasteiger partial charge on any atom is -0.462 e. The summed E-state index contributed by atoms with van der Waals surface area (Å²) in [6.07, 6.45) is 5.79. The summed E-state index contributed by atoms with van der Waals surface area (Å²) in [4.78, 5) is 30.2. The van der Waals surface area contributed by atoms with Crippen LogP contribution >= 0.6 is 0 Å². The summed E-state index contributed by atoms with van der Waals surface area (Å²) in [5.41, 5.74) is 5.09. The van der Waals surface area contributed by atoms with Crippen LogP contribution in [0.3, 0.4) is 0 Å². The van der Waals surface area contributed by atoms with Crippen molar-refractivity contribution in [3.63, 3.8) is 0 Å². The molecule has 0 saturated carbocycles. The van der Waals surface area contributed by atoms with E-state index in [1.165, 1.54) is 10.5 Å². The van der Waals surface area contributed by atoms with Crippen molar-refractivity contribution in [3.8, 4) is 12.1 Å². The number of halogens is 2. The summed E-state index contributed by atoms with van der Waals surface area (Å²) in [5, 5.41) is 9.46. The molecule has 2 aromatic rings. The molecule has 2 saturated heterocycles. The first-order valence-corrected chi connectivity index (χ1v) is 14.9. The molecule has 222 valence electrons. The predicted molar refractivity (Wildman–Crippen MR) is 155 cm³/mol. The maximum atomic E-state index is 14.6. The molecular weight excluding hydrogens is 540 g/mol. The zero-order valence-electron chi connectivity index (χ0n) is 24.1. The van der Waals surface area contributed by atoms with Crippen LogP contribution in [-0.4, -0.2) is 84.1 Å². The number of amides is 1. The molecule has 1 aromatic carbocycles. The molecule has 2 fully saturated rings. The second-order valence-corrected chi connectivity index (χ2v) is 11.8. The van der Waals surface area contributed by atoms with Crippen molar-refractivity contribution in [1.82, 2.24) is 19.8 Å². The molecular formula is C31H37F2N7O2. The van der Waals surface area contributed by atoms with E-state index in [2.05, 4.69) is 34.4 Å². The molecule has 6 rings (SSSR count). The van der Waals surface area contributed by atoms with Crippen LogP contribution in [0.4, 0.5) is 20.3 Å². The van der Waals surface area contributed by atoms with Gasteiger partial charge >= 0.3 is 6.01 Å². The first-order chi connectivity index (χ1) is 20.3. The van der Waals surface area contributed by atoms with Crippen LogP contribution in [0, 0.1) is 17.1 Å². The molecule has 11 heteroatoms. The van der Waals surface area contributed by atoms with Gasteiger partial charge in [-0.25, -0.2) is 8.78 Å². The van der Waals surface area contributed by atoms with Gasteiger partial charge in [-0.15, -0.1) is 0 Å². The number of ether oxygens (including phenoxy) is 1. The van der Waals surface area contributed by atoms with E-state index in [0.717, 1.165) is 67.0 Å². The molecule has 3 aliphatic heterocycles. The van der Waals surface area contributed by atoms with E-state index in [1.54, 1.807) is 12.1 Å². The highest BCUT2D eigenvalue weighted by Crippen LogP contribution is 2.37. The van der Waals surface area contributed by atoms with Crippen LogP contribution in [0.1, 0.15) is 48.1 Å². The Balaban J connectivity index is 1.32. The lowest BCUT2D eigenvalue weighted by Crippen LogP contribution is -2.55. The lowest BCUT2D eigenvalue weighted by atomic mass is 10.0. The number of benzene rings is 1. The van der Waals surface area contributed by atoms with E-state index < -0.39 is 17.8 Å². The number of likely N-dealkylation sites (tertiary alicyclic amines) is 1. The van der Waals surface area contributed by atoms with Crippen LogP contribution in [0.15, 0.2) is 24.5 Å². The molecule has 4 aliphatic rings. The minimum absolute atomic E-state index is 0.0681. The van der Waals surface area contributed by atoms with Crippen LogP contribution < -0.4 is 14.5 Å². The standard InChI is InChI=1S/C31H37F2N7O2/c1-20(32)30(41)40-14-13-39(17-23(40)8-10-34)29-26-9-12-38(28-16-22(33)15-21-5-3-7-25(21)28)18-27(26)35-31(36-29)42-19-24-6-4-11-37(24)2/h15-16,23-24H,1,3-9,11-14,17-19H2,2H3/t23-,24-/m0/s1. The summed E-state index contributed by atoms with van der Waals surface area (Å²) in [6, 6.07) is 5.54. The maximum absolute atomic E-state index is 14.6. The highest BCUT2D eigenvalue weighted by molar-refractivity contribution is 5.91. The van der Waals surface area contributed by atoms with Crippen molar-refractivity contribution in [2.24, 2.45) is 0 Å². The Bertz CT molecular complexity index is 1430. The predicted octanol–water partition coefficient (Wildman–Crippen LogP) is 3.55. The van der Waals surface area contributed by atoms with Crippen molar-refractivity contribution in [2.75, 3.05) is 56.2 Å². The molecule has 2 atom stereocenters. The number of likely N-dealkylation sites (N-methyl/N-ethyl adjacent to an activating group) is 1. The topological polar surface area (TPSA) is 88.8 Å². The van der Waals surface area contributed by atoms with Gasteiger partial charge in [0.25, 0.3) is 5.91 Å². The highest BCUT2D eigenvalue weighted by Gasteiger charge is 2.35. The number of aromatic nitrogens is 2. The fraction of sp³-hybridized carbons (Fsp3) is 0.548. The Hall–Kier alpha value is -3.78. The zero-order chi connectivity index (χ0) is 29.4. The van der Waals surface area contributed by atoms with Gasteiger partial charge in [0.15, 0.2) is 5.83 Å². The number of hydrogen-bond donors (Lipinski definition) is 0. The van der Waals surface area contributed by atoms with Gasteiger partial charge in [0.2, 0.25) is 0 Å². The third-order valence-electron chi connectivity index (χ3n) is 9.20. The van der Waals surface area contributed by atoms with Crippen LogP contribution in [0.25, 0.3) is 0 Å². The molecule has 0 N–H and O–H groups in total. The van der Waals surface area contributed by atoms with E-state index in [1.807, 2.05) is 0 Å². The van der Waals surface area contributed by atoms with Gasteiger partial charge in [-0.05, 0) is 75.4 Å². The number of rotatable bonds is 7. The number of carbonyl (C=O) groups is 1. The van der Waals surface area contributed by atoms with E-state index in [-0.39, 0.29) is 18.8 Å². The van der Waals surface area contributed by atoms with Crippen LogP contribution in [0.5, 0.6) is 6.01 Å². The second kappa shape index (κ2) is 11.8. The normalized spacial score (nSPS) is 22.1. The average molecular weight is 578 g/mol. The van der Waals surface area contributed by atoms with E-state index >= 15 is 0 Å². The fourth-order valence-corrected chi connectivity index (χ4v) is 6.96. The first-order valence-electron chi connectivity index (χ1n) is 14.9. The molecule has 0 unspecified atom stereocenters. The third kappa shape index (κ3) is 5.52. The number of aryl methyl sites for hydroxylation is 1. The lowest BCUT2D eigenvalue weighted by Gasteiger charge is -2.42. The van der Waals surface area contributed by atoms with Crippen LogP contribution in [-0.2, 0) is 30.6 Å². The number of fused-ring (bicyclic) bond motifs is 2. The summed E-state index contributed by atoms with van der Waals surface area (Å²) in [7, 11) is 2.09. The van der Waals surface area contributed by atoms with Gasteiger partial charge in [-0.1, -0.05) is 6.58 Å². The smallest absolute Gasteiger partial charge is 0.318 e. The molecule has 4 heterocycles. The Labute approximate surface area is 245 Å². The van der Waals surface area contributed by atoms with Gasteiger partial charge in [0.1, 0.15) is 18.2 Å². The lowest BCUT2D eigenvalue weighted by molar-refractivity contribution is -0.131. The Kier molecular flexibility index (Phi) is 7.99. The molecule has 1 aromatic heterocycles. The molecule has 0 spiro atoms. The van der Waals surface area contributed by atoms with Crippen molar-refractivity contribution < 1.29 is 18.3 Å². The fourth-order valence-electron chi connectivity index (χ4n) is 6.96. The van der Waals surface area contributed by atoms with Crippen molar-refractivity contribution >= 4 is 17.4 Å². The second-order valence-electron chi connectivity index (χ2n) is 11.8. The number of hydrogen-bond acceptors (Lipinski definition) is 8. The van der Waals surface area contributed by atoms with Gasteiger partial charge in [0, 0.05) is 43.5 Å². The number of anilines is 2. The largest absolute Gasteiger partial charge is 0.462 e. The van der Waals surface area contributed by atoms with E-state index in [4.69, 9.17) is 14.7 Å². The number of piperazine rings is 1. The highest BCUT2D eigenvalue weighted by atomic mass is 19.1. The van der Waals surface area contributed by atoms with Gasteiger partial charge < -0.3 is 24.3 Å². The zero-order valence-corrected chi connectivity index (χ0v) is 24.1. The van der Waals surface area contributed by atoms with Crippen molar-refractivity contribution in [3.05, 3.63) is 52.7 Å².